The summed E-state index contributed by atoms with van der Waals surface area (Å²) in [6.07, 6.45) is 2.38. The number of halogens is 1. The van der Waals surface area contributed by atoms with Crippen molar-refractivity contribution in [2.75, 3.05) is 5.32 Å². The molecule has 1 aromatic carbocycles. The maximum Gasteiger partial charge on any atom is 0.276 e. The summed E-state index contributed by atoms with van der Waals surface area (Å²) < 4.78 is 14.7. The molecule has 0 bridgehead atoms. The van der Waals surface area contributed by atoms with Crippen molar-refractivity contribution in [2.45, 2.75) is 25.2 Å². The van der Waals surface area contributed by atoms with Crippen molar-refractivity contribution in [3.8, 4) is 0 Å². The summed E-state index contributed by atoms with van der Waals surface area (Å²) >= 11 is 0. The second-order valence-corrected chi connectivity index (χ2v) is 6.66. The summed E-state index contributed by atoms with van der Waals surface area (Å²) in [6, 6.07) is 11.1. The van der Waals surface area contributed by atoms with Gasteiger partial charge in [0.05, 0.1) is 5.69 Å². The van der Waals surface area contributed by atoms with Crippen LogP contribution >= 0.6 is 0 Å². The fraction of sp³-hybridized carbons (Fsp3) is 0.211. The average molecular weight is 367 g/mol. The van der Waals surface area contributed by atoms with Gasteiger partial charge in [-0.2, -0.15) is 0 Å². The van der Waals surface area contributed by atoms with Gasteiger partial charge in [-0.25, -0.2) is 14.4 Å². The Balaban J connectivity index is 1.73. The van der Waals surface area contributed by atoms with E-state index in [1.54, 1.807) is 36.5 Å². The van der Waals surface area contributed by atoms with Gasteiger partial charge in [0.25, 0.3) is 5.56 Å². The van der Waals surface area contributed by atoms with E-state index in [2.05, 4.69) is 20.6 Å². The molecule has 0 saturated heterocycles. The van der Waals surface area contributed by atoms with E-state index in [0.29, 0.717) is 23.6 Å². The zero-order valence-corrected chi connectivity index (χ0v) is 14.6. The lowest BCUT2D eigenvalue weighted by atomic mass is 10.0. The van der Waals surface area contributed by atoms with Gasteiger partial charge >= 0.3 is 0 Å². The van der Waals surface area contributed by atoms with Crippen molar-refractivity contribution in [3.63, 3.8) is 0 Å². The molecule has 2 atom stereocenters. The second-order valence-electron chi connectivity index (χ2n) is 6.66. The van der Waals surface area contributed by atoms with E-state index < -0.39 is 11.9 Å². The molecule has 3 heterocycles. The molecule has 27 heavy (non-hydrogen) atoms. The molecule has 3 N–H and O–H groups in total. The van der Waals surface area contributed by atoms with Gasteiger partial charge in [0.2, 0.25) is 0 Å². The molecule has 3 aromatic rings. The van der Waals surface area contributed by atoms with E-state index in [0.717, 1.165) is 5.56 Å². The molecule has 1 aliphatic heterocycles. The van der Waals surface area contributed by atoms with Crippen LogP contribution in [0.15, 0.2) is 59.8 Å². The standard InChI is InChI=1S/C19H18FN5O2/c1-19(10-12-2-4-13(20)5-3-12)24-17(26)15-7-6-14(18(27)25(15)19)23-16-8-9-21-11-22-16/h2-9,11,17,24,26H,10H2,1H3,(H,21,22,23). The van der Waals surface area contributed by atoms with Gasteiger partial charge in [-0.1, -0.05) is 12.1 Å². The van der Waals surface area contributed by atoms with Crippen molar-refractivity contribution in [1.29, 1.82) is 0 Å². The van der Waals surface area contributed by atoms with Gasteiger partial charge in [0.1, 0.15) is 35.5 Å². The van der Waals surface area contributed by atoms with Crippen LogP contribution in [0.3, 0.4) is 0 Å². The molecular formula is C19H18FN5O2. The largest absolute Gasteiger partial charge is 0.373 e. The third-order valence-corrected chi connectivity index (χ3v) is 4.64. The number of benzene rings is 1. The van der Waals surface area contributed by atoms with Gasteiger partial charge in [0, 0.05) is 12.6 Å². The van der Waals surface area contributed by atoms with E-state index in [1.807, 2.05) is 6.92 Å². The molecule has 4 rings (SSSR count). The first kappa shape index (κ1) is 17.3. The summed E-state index contributed by atoms with van der Waals surface area (Å²) in [4.78, 5) is 21.0. The Labute approximate surface area is 154 Å². The minimum atomic E-state index is -0.976. The smallest absolute Gasteiger partial charge is 0.276 e. The fourth-order valence-electron chi connectivity index (χ4n) is 3.44. The van der Waals surface area contributed by atoms with Crippen LogP contribution in [0.2, 0.25) is 0 Å². The molecule has 2 aromatic heterocycles. The number of fused-ring (bicyclic) bond motifs is 1. The Morgan fingerprint density at radius 1 is 1.26 bits per heavy atom. The molecule has 0 saturated carbocycles. The molecule has 2 unspecified atom stereocenters. The second kappa shape index (κ2) is 6.57. The van der Waals surface area contributed by atoms with Crippen LogP contribution in [-0.2, 0) is 12.1 Å². The molecule has 138 valence electrons. The Kier molecular flexibility index (Phi) is 4.21. The topological polar surface area (TPSA) is 92.1 Å². The van der Waals surface area contributed by atoms with Crippen molar-refractivity contribution >= 4 is 11.5 Å². The Hall–Kier alpha value is -3.10. The predicted molar refractivity (Wildman–Crippen MR) is 97.9 cm³/mol. The Morgan fingerprint density at radius 3 is 2.74 bits per heavy atom. The van der Waals surface area contributed by atoms with Crippen molar-refractivity contribution in [2.24, 2.45) is 0 Å². The predicted octanol–water partition coefficient (Wildman–Crippen LogP) is 2.03. The first-order valence-electron chi connectivity index (χ1n) is 8.46. The summed E-state index contributed by atoms with van der Waals surface area (Å²) in [6.45, 7) is 1.83. The number of aliphatic hydroxyl groups excluding tert-OH is 1. The molecule has 0 amide bonds. The lowest BCUT2D eigenvalue weighted by Crippen LogP contribution is -2.46. The van der Waals surface area contributed by atoms with Crippen molar-refractivity contribution in [1.82, 2.24) is 19.9 Å². The maximum absolute atomic E-state index is 13.2. The molecule has 0 spiro atoms. The van der Waals surface area contributed by atoms with Crippen LogP contribution < -0.4 is 16.2 Å². The van der Waals surface area contributed by atoms with Crippen LogP contribution in [0.4, 0.5) is 15.9 Å². The highest BCUT2D eigenvalue weighted by Gasteiger charge is 2.40. The number of aliphatic hydroxyl groups is 1. The molecular weight excluding hydrogens is 349 g/mol. The normalized spacial score (nSPS) is 21.1. The number of hydrogen-bond acceptors (Lipinski definition) is 6. The number of nitrogens with zero attached hydrogens (tertiary/aromatic N) is 3. The number of pyridine rings is 1. The number of aromatic nitrogens is 3. The van der Waals surface area contributed by atoms with Crippen molar-refractivity contribution < 1.29 is 9.50 Å². The quantitative estimate of drug-likeness (QED) is 0.654. The first-order valence-corrected chi connectivity index (χ1v) is 8.46. The molecule has 1 aliphatic rings. The average Bonchev–Trinajstić information content (AvgIpc) is 2.91. The van der Waals surface area contributed by atoms with Crippen LogP contribution in [0.1, 0.15) is 24.4 Å². The van der Waals surface area contributed by atoms with Gasteiger partial charge in [-0.3, -0.25) is 14.7 Å². The van der Waals surface area contributed by atoms with Crippen LogP contribution in [0.5, 0.6) is 0 Å². The SMILES string of the molecule is CC1(Cc2ccc(F)cc2)NC(O)c2ccc(Nc3ccncn3)c(=O)n21. The Bertz CT molecular complexity index is 1020. The molecule has 0 fully saturated rings. The highest BCUT2D eigenvalue weighted by atomic mass is 19.1. The van der Waals surface area contributed by atoms with Gasteiger partial charge < -0.3 is 10.4 Å². The summed E-state index contributed by atoms with van der Waals surface area (Å²) in [5, 5.41) is 16.4. The summed E-state index contributed by atoms with van der Waals surface area (Å²) in [5.74, 6) is 0.173. The third-order valence-electron chi connectivity index (χ3n) is 4.64. The minimum absolute atomic E-state index is 0.292. The van der Waals surface area contributed by atoms with Crippen LogP contribution in [0.25, 0.3) is 0 Å². The lowest BCUT2D eigenvalue weighted by Gasteiger charge is -2.28. The van der Waals surface area contributed by atoms with E-state index >= 15 is 0 Å². The highest BCUT2D eigenvalue weighted by molar-refractivity contribution is 5.55. The first-order chi connectivity index (χ1) is 13.0. The van der Waals surface area contributed by atoms with E-state index in [-0.39, 0.29) is 11.4 Å². The minimum Gasteiger partial charge on any atom is -0.373 e. The van der Waals surface area contributed by atoms with Crippen LogP contribution in [-0.4, -0.2) is 19.6 Å². The maximum atomic E-state index is 13.2. The number of anilines is 2. The summed E-state index contributed by atoms with van der Waals surface area (Å²) in [5.41, 5.74) is 0.483. The van der Waals surface area contributed by atoms with Crippen molar-refractivity contribution in [3.05, 3.63) is 82.4 Å². The molecule has 0 radical (unpaired) electrons. The zero-order valence-electron chi connectivity index (χ0n) is 14.6. The van der Waals surface area contributed by atoms with Gasteiger partial charge in [0.15, 0.2) is 0 Å². The number of nitrogens with one attached hydrogen (secondary N) is 2. The van der Waals surface area contributed by atoms with E-state index in [4.69, 9.17) is 0 Å². The molecule has 0 aliphatic carbocycles. The Morgan fingerprint density at radius 2 is 2.04 bits per heavy atom. The summed E-state index contributed by atoms with van der Waals surface area (Å²) in [7, 11) is 0. The van der Waals surface area contributed by atoms with Gasteiger partial charge in [-0.15, -0.1) is 0 Å². The fourth-order valence-corrected chi connectivity index (χ4v) is 3.44. The number of hydrogen-bond donors (Lipinski definition) is 3. The third kappa shape index (κ3) is 3.20. The highest BCUT2D eigenvalue weighted by Crippen LogP contribution is 2.31. The molecule has 7 nitrogen and oxygen atoms in total. The van der Waals surface area contributed by atoms with E-state index in [9.17, 15) is 14.3 Å². The van der Waals surface area contributed by atoms with E-state index in [1.165, 1.54) is 23.0 Å². The number of rotatable bonds is 4. The monoisotopic (exact) mass is 367 g/mol. The van der Waals surface area contributed by atoms with Crippen LogP contribution in [0, 0.1) is 5.82 Å². The zero-order chi connectivity index (χ0) is 19.0. The molecule has 8 heteroatoms. The lowest BCUT2D eigenvalue weighted by molar-refractivity contribution is 0.111. The van der Waals surface area contributed by atoms with Gasteiger partial charge in [-0.05, 0) is 42.8 Å².